The van der Waals surface area contributed by atoms with Crippen molar-refractivity contribution in [1.82, 2.24) is 0 Å². The maximum atomic E-state index is 5.85. The van der Waals surface area contributed by atoms with Gasteiger partial charge in [0.05, 0.1) is 0 Å². The van der Waals surface area contributed by atoms with Crippen LogP contribution in [0.3, 0.4) is 0 Å². The molecular weight excluding hydrogens is 284 g/mol. The van der Waals surface area contributed by atoms with Crippen molar-refractivity contribution in [3.8, 4) is 0 Å². The summed E-state index contributed by atoms with van der Waals surface area (Å²) in [5, 5.41) is 0.741. The molecule has 0 saturated carbocycles. The van der Waals surface area contributed by atoms with Gasteiger partial charge in [-0.15, -0.1) is 0 Å². The molecule has 80 valence electrons. The van der Waals surface area contributed by atoms with Gasteiger partial charge in [0.2, 0.25) is 0 Å². The van der Waals surface area contributed by atoms with Crippen molar-refractivity contribution >= 4 is 33.1 Å². The molecule has 0 bridgehead atoms. The summed E-state index contributed by atoms with van der Waals surface area (Å²) in [6.45, 7) is 4.10. The van der Waals surface area contributed by atoms with E-state index in [0.717, 1.165) is 26.2 Å². The maximum Gasteiger partial charge on any atom is 0.0406 e. The summed E-state index contributed by atoms with van der Waals surface area (Å²) in [6.07, 6.45) is 0. The lowest BCUT2D eigenvalue weighted by Crippen LogP contribution is -1.85. The minimum absolute atomic E-state index is 0.741. The van der Waals surface area contributed by atoms with Crippen molar-refractivity contribution in [3.63, 3.8) is 0 Å². The van der Waals surface area contributed by atoms with Gasteiger partial charge in [0.1, 0.15) is 0 Å². The second-order valence-corrected chi connectivity index (χ2v) is 4.85. The highest BCUT2D eigenvalue weighted by molar-refractivity contribution is 9.10. The fourth-order valence-corrected chi connectivity index (χ4v) is 2.02. The molecule has 0 heterocycles. The highest BCUT2D eigenvalue weighted by atomic mass is 79.9. The molecule has 0 unspecified atom stereocenters. The lowest BCUT2D eigenvalue weighted by molar-refractivity contribution is 1.54. The number of hydrogen-bond donors (Lipinski definition) is 0. The predicted molar refractivity (Wildman–Crippen MR) is 73.7 cm³/mol. The Hall–Kier alpha value is -1.05. The summed E-state index contributed by atoms with van der Waals surface area (Å²) in [5.74, 6) is 0. The lowest BCUT2D eigenvalue weighted by Gasteiger charge is -2.06. The van der Waals surface area contributed by atoms with Gasteiger partial charge in [-0.1, -0.05) is 58.4 Å². The molecule has 0 nitrogen and oxygen atoms in total. The van der Waals surface area contributed by atoms with Crippen LogP contribution in [-0.4, -0.2) is 0 Å². The molecule has 0 spiro atoms. The Balaban J connectivity index is 2.35. The Bertz CT molecular complexity index is 515. The fraction of sp³-hybridized carbons (Fsp3) is 0. The van der Waals surface area contributed by atoms with E-state index < -0.39 is 0 Å². The summed E-state index contributed by atoms with van der Waals surface area (Å²) in [7, 11) is 0. The van der Waals surface area contributed by atoms with E-state index in [2.05, 4.69) is 28.6 Å². The molecule has 0 atom stereocenters. The van der Waals surface area contributed by atoms with Crippen LogP contribution >= 0.6 is 27.5 Å². The van der Waals surface area contributed by atoms with Gasteiger partial charge in [0, 0.05) is 9.50 Å². The quantitative estimate of drug-likeness (QED) is 0.717. The zero-order valence-electron chi connectivity index (χ0n) is 8.58. The van der Waals surface area contributed by atoms with Crippen molar-refractivity contribution in [2.75, 3.05) is 0 Å². The Morgan fingerprint density at radius 2 is 1.69 bits per heavy atom. The zero-order valence-corrected chi connectivity index (χ0v) is 10.9. The van der Waals surface area contributed by atoms with E-state index >= 15 is 0 Å². The highest BCUT2D eigenvalue weighted by Crippen LogP contribution is 2.24. The first kappa shape index (κ1) is 11.4. The van der Waals surface area contributed by atoms with Crippen LogP contribution < -0.4 is 0 Å². The van der Waals surface area contributed by atoms with Crippen molar-refractivity contribution in [1.29, 1.82) is 0 Å². The lowest BCUT2D eigenvalue weighted by atomic mass is 10.00. The monoisotopic (exact) mass is 292 g/mol. The van der Waals surface area contributed by atoms with Crippen LogP contribution in [0.4, 0.5) is 0 Å². The summed E-state index contributed by atoms with van der Waals surface area (Å²) in [4.78, 5) is 0. The molecule has 0 aliphatic heterocycles. The minimum Gasteiger partial charge on any atom is -0.0906 e. The summed E-state index contributed by atoms with van der Waals surface area (Å²) in [5.41, 5.74) is 3.19. The van der Waals surface area contributed by atoms with Crippen LogP contribution in [0.1, 0.15) is 11.1 Å². The first-order valence-corrected chi connectivity index (χ1v) is 6.05. The van der Waals surface area contributed by atoms with Gasteiger partial charge in [-0.2, -0.15) is 0 Å². The SMILES string of the molecule is C=C(c1ccc(Cl)cc1)c1cccc(Br)c1. The van der Waals surface area contributed by atoms with Gasteiger partial charge < -0.3 is 0 Å². The highest BCUT2D eigenvalue weighted by Gasteiger charge is 2.02. The number of halogens is 2. The molecule has 2 aromatic carbocycles. The number of rotatable bonds is 2. The molecule has 0 N–H and O–H groups in total. The van der Waals surface area contributed by atoms with Crippen LogP contribution in [0.25, 0.3) is 5.57 Å². The van der Waals surface area contributed by atoms with Gasteiger partial charge in [0.25, 0.3) is 0 Å². The van der Waals surface area contributed by atoms with Crippen molar-refractivity contribution in [3.05, 3.63) is 75.7 Å². The molecule has 0 fully saturated rings. The molecule has 16 heavy (non-hydrogen) atoms. The molecule has 2 rings (SSSR count). The summed E-state index contributed by atoms with van der Waals surface area (Å²) in [6, 6.07) is 15.8. The van der Waals surface area contributed by atoms with Crippen LogP contribution in [0.15, 0.2) is 59.6 Å². The molecule has 0 aliphatic rings. The molecule has 0 aromatic heterocycles. The molecule has 2 aromatic rings. The van der Waals surface area contributed by atoms with Gasteiger partial charge in [-0.05, 0) is 41.0 Å². The maximum absolute atomic E-state index is 5.85. The first-order valence-electron chi connectivity index (χ1n) is 4.87. The van der Waals surface area contributed by atoms with Gasteiger partial charge >= 0.3 is 0 Å². The van der Waals surface area contributed by atoms with Crippen molar-refractivity contribution in [2.24, 2.45) is 0 Å². The van der Waals surface area contributed by atoms with E-state index in [9.17, 15) is 0 Å². The molecule has 0 radical (unpaired) electrons. The molecule has 2 heteroatoms. The fourth-order valence-electron chi connectivity index (χ4n) is 1.49. The van der Waals surface area contributed by atoms with E-state index in [0.29, 0.717) is 0 Å². The third-order valence-corrected chi connectivity index (χ3v) is 3.11. The molecule has 0 amide bonds. The number of hydrogen-bond acceptors (Lipinski definition) is 0. The Morgan fingerprint density at radius 1 is 1.00 bits per heavy atom. The van der Waals surface area contributed by atoms with E-state index in [1.807, 2.05) is 42.5 Å². The summed E-state index contributed by atoms with van der Waals surface area (Å²) >= 11 is 9.30. The Kier molecular flexibility index (Phi) is 3.47. The van der Waals surface area contributed by atoms with Crippen LogP contribution in [-0.2, 0) is 0 Å². The van der Waals surface area contributed by atoms with Gasteiger partial charge in [-0.3, -0.25) is 0 Å². The third-order valence-electron chi connectivity index (χ3n) is 2.37. The van der Waals surface area contributed by atoms with E-state index in [1.54, 1.807) is 0 Å². The Labute approximate surface area is 109 Å². The van der Waals surface area contributed by atoms with E-state index in [1.165, 1.54) is 0 Å². The van der Waals surface area contributed by atoms with Crippen LogP contribution in [0.5, 0.6) is 0 Å². The van der Waals surface area contributed by atoms with Crippen LogP contribution in [0.2, 0.25) is 5.02 Å². The standard InChI is InChI=1S/C14H10BrCl/c1-10(11-5-7-14(16)8-6-11)12-3-2-4-13(15)9-12/h2-9H,1H2. The second-order valence-electron chi connectivity index (χ2n) is 3.50. The average Bonchev–Trinajstić information content (AvgIpc) is 2.29. The first-order chi connectivity index (χ1) is 7.66. The van der Waals surface area contributed by atoms with E-state index in [-0.39, 0.29) is 0 Å². The predicted octanol–water partition coefficient (Wildman–Crippen LogP) is 5.16. The molecular formula is C14H10BrCl. The smallest absolute Gasteiger partial charge is 0.0406 e. The van der Waals surface area contributed by atoms with Gasteiger partial charge in [0.15, 0.2) is 0 Å². The topological polar surface area (TPSA) is 0 Å². The van der Waals surface area contributed by atoms with Crippen molar-refractivity contribution < 1.29 is 0 Å². The summed E-state index contributed by atoms with van der Waals surface area (Å²) < 4.78 is 1.06. The largest absolute Gasteiger partial charge is 0.0906 e. The normalized spacial score (nSPS) is 10.1. The molecule has 0 aliphatic carbocycles. The van der Waals surface area contributed by atoms with E-state index in [4.69, 9.17) is 11.6 Å². The Morgan fingerprint density at radius 3 is 2.31 bits per heavy atom. The average molecular weight is 294 g/mol. The third kappa shape index (κ3) is 2.55. The van der Waals surface area contributed by atoms with Gasteiger partial charge in [-0.25, -0.2) is 0 Å². The second kappa shape index (κ2) is 4.86. The van der Waals surface area contributed by atoms with Crippen LogP contribution in [0, 0.1) is 0 Å². The number of benzene rings is 2. The van der Waals surface area contributed by atoms with Crippen molar-refractivity contribution in [2.45, 2.75) is 0 Å². The molecule has 0 saturated heterocycles. The minimum atomic E-state index is 0.741. The zero-order chi connectivity index (χ0) is 11.5.